The molecule has 0 saturated carbocycles. The molecule has 0 fully saturated rings. The van der Waals surface area contributed by atoms with Gasteiger partial charge in [0.2, 0.25) is 0 Å². The molecule has 3 nitrogen and oxygen atoms in total. The maximum atomic E-state index is 5.08. The number of allylic oxidation sites excluding steroid dienone is 7. The molecule has 1 aliphatic rings. The number of amidine groups is 1. The van der Waals surface area contributed by atoms with Crippen LogP contribution >= 0.6 is 8.07 Å². The van der Waals surface area contributed by atoms with Crippen LogP contribution in [0.2, 0.25) is 0 Å². The van der Waals surface area contributed by atoms with Gasteiger partial charge in [-0.15, -0.1) is 0 Å². The Morgan fingerprint density at radius 1 is 1.13 bits per heavy atom. The summed E-state index contributed by atoms with van der Waals surface area (Å²) in [5, 5.41) is 6.22. The van der Waals surface area contributed by atoms with Gasteiger partial charge < -0.3 is 9.99 Å². The average Bonchev–Trinajstić information content (AvgIpc) is 2.81. The second-order valence-corrected chi connectivity index (χ2v) is 9.47. The lowest BCUT2D eigenvalue weighted by Crippen LogP contribution is -2.30. The van der Waals surface area contributed by atoms with Gasteiger partial charge >= 0.3 is 0 Å². The fraction of sp³-hybridized carbons (Fsp3) is 0.370. The molecule has 31 heavy (non-hydrogen) atoms. The van der Waals surface area contributed by atoms with Crippen molar-refractivity contribution in [3.63, 3.8) is 0 Å². The Hall–Kier alpha value is -2.22. The van der Waals surface area contributed by atoms with Gasteiger partial charge in [-0.05, 0) is 49.7 Å². The Bertz CT molecular complexity index is 799. The lowest BCUT2D eigenvalue weighted by Gasteiger charge is -2.25. The van der Waals surface area contributed by atoms with E-state index in [1.165, 1.54) is 23.7 Å². The van der Waals surface area contributed by atoms with Crippen LogP contribution in [0.5, 0.6) is 0 Å². The summed E-state index contributed by atoms with van der Waals surface area (Å²) in [4.78, 5) is 7.60. The average molecular weight is 436 g/mol. The largest absolute Gasteiger partial charge is 0.342 e. The molecule has 0 heterocycles. The summed E-state index contributed by atoms with van der Waals surface area (Å²) in [5.74, 6) is 1.02. The van der Waals surface area contributed by atoms with E-state index in [1.54, 1.807) is 0 Å². The monoisotopic (exact) mass is 435 g/mol. The SMILES string of the molecule is C=CC=C(C=C)P(NC(=NCCN(CCC)CCC)C1=CC=CCC1)c1ccccc1. The molecule has 2 rings (SSSR count). The summed E-state index contributed by atoms with van der Waals surface area (Å²) < 4.78 is 0. The van der Waals surface area contributed by atoms with E-state index < -0.39 is 8.07 Å². The van der Waals surface area contributed by atoms with Crippen molar-refractivity contribution < 1.29 is 0 Å². The minimum absolute atomic E-state index is 0.802. The summed E-state index contributed by atoms with van der Waals surface area (Å²) >= 11 is 0. The third-order valence-electron chi connectivity index (χ3n) is 5.07. The van der Waals surface area contributed by atoms with Crippen LogP contribution in [0.15, 0.2) is 95.8 Å². The van der Waals surface area contributed by atoms with Gasteiger partial charge in [0.1, 0.15) is 5.84 Å². The van der Waals surface area contributed by atoms with Gasteiger partial charge in [0, 0.05) is 11.8 Å². The van der Waals surface area contributed by atoms with Gasteiger partial charge in [-0.3, -0.25) is 4.99 Å². The van der Waals surface area contributed by atoms with Crippen molar-refractivity contribution in [2.24, 2.45) is 4.99 Å². The zero-order chi connectivity index (χ0) is 22.3. The first-order valence-corrected chi connectivity index (χ1v) is 12.8. The lowest BCUT2D eigenvalue weighted by molar-refractivity contribution is 0.282. The number of benzene rings is 1. The van der Waals surface area contributed by atoms with E-state index in [1.807, 2.05) is 12.2 Å². The van der Waals surface area contributed by atoms with Crippen LogP contribution in [0.3, 0.4) is 0 Å². The molecule has 0 radical (unpaired) electrons. The zero-order valence-corrected chi connectivity index (χ0v) is 20.2. The second kappa shape index (κ2) is 14.7. The van der Waals surface area contributed by atoms with E-state index in [0.717, 1.165) is 50.2 Å². The molecule has 0 bridgehead atoms. The molecular formula is C27H38N3P. The molecule has 1 unspecified atom stereocenters. The third kappa shape index (κ3) is 8.44. The van der Waals surface area contributed by atoms with Crippen LogP contribution in [-0.4, -0.2) is 36.9 Å². The maximum absolute atomic E-state index is 5.08. The van der Waals surface area contributed by atoms with Crippen LogP contribution in [0.4, 0.5) is 0 Å². The van der Waals surface area contributed by atoms with Crippen molar-refractivity contribution in [1.29, 1.82) is 0 Å². The highest BCUT2D eigenvalue weighted by Gasteiger charge is 2.19. The van der Waals surface area contributed by atoms with Crippen LogP contribution < -0.4 is 10.4 Å². The van der Waals surface area contributed by atoms with Gasteiger partial charge in [0.05, 0.1) is 14.6 Å². The fourth-order valence-electron chi connectivity index (χ4n) is 3.60. The lowest BCUT2D eigenvalue weighted by atomic mass is 10.0. The standard InChI is InChI=1S/C27H38N3P/c1-5-15-25(8-4)31(26-18-13-10-14-19-26)29-27(24-16-11-9-12-17-24)28-20-23-30(21-6-2)22-7-3/h5,8-11,13-16,18-19H,1,4,6-7,12,17,20-23H2,2-3H3,(H,28,29). The van der Waals surface area contributed by atoms with Crippen molar-refractivity contribution in [2.75, 3.05) is 26.2 Å². The highest BCUT2D eigenvalue weighted by molar-refractivity contribution is 7.68. The Morgan fingerprint density at radius 2 is 1.87 bits per heavy atom. The van der Waals surface area contributed by atoms with Crippen LogP contribution in [0.25, 0.3) is 0 Å². The smallest absolute Gasteiger partial charge is 0.127 e. The quantitative estimate of drug-likeness (QED) is 0.169. The van der Waals surface area contributed by atoms with E-state index in [9.17, 15) is 0 Å². The van der Waals surface area contributed by atoms with E-state index in [4.69, 9.17) is 4.99 Å². The second-order valence-electron chi connectivity index (χ2n) is 7.54. The molecule has 1 atom stereocenters. The van der Waals surface area contributed by atoms with Crippen LogP contribution in [0, 0.1) is 0 Å². The molecule has 1 aromatic rings. The summed E-state index contributed by atoms with van der Waals surface area (Å²) in [6.45, 7) is 16.5. The Kier molecular flexibility index (Phi) is 11.9. The summed E-state index contributed by atoms with van der Waals surface area (Å²) in [6.07, 6.45) is 16.8. The van der Waals surface area contributed by atoms with E-state index in [0.29, 0.717) is 0 Å². The molecule has 1 N–H and O–H groups in total. The summed E-state index contributed by atoms with van der Waals surface area (Å²) in [5.41, 5.74) is 1.28. The van der Waals surface area contributed by atoms with E-state index in [-0.39, 0.29) is 0 Å². The first-order valence-electron chi connectivity index (χ1n) is 11.4. The molecule has 0 spiro atoms. The predicted molar refractivity (Wildman–Crippen MR) is 140 cm³/mol. The molecule has 0 aliphatic heterocycles. The fourth-order valence-corrected chi connectivity index (χ4v) is 5.49. The molecule has 166 valence electrons. The molecular weight excluding hydrogens is 397 g/mol. The Balaban J connectivity index is 2.31. The minimum atomic E-state index is -0.822. The van der Waals surface area contributed by atoms with Gasteiger partial charge in [-0.2, -0.15) is 0 Å². The normalized spacial score (nSPS) is 15.5. The molecule has 0 saturated heterocycles. The van der Waals surface area contributed by atoms with Crippen molar-refractivity contribution in [2.45, 2.75) is 39.5 Å². The van der Waals surface area contributed by atoms with Crippen molar-refractivity contribution in [3.05, 3.63) is 90.8 Å². The van der Waals surface area contributed by atoms with Crippen molar-refractivity contribution >= 4 is 19.2 Å². The summed E-state index contributed by atoms with van der Waals surface area (Å²) in [6, 6.07) is 10.6. The number of hydrogen-bond donors (Lipinski definition) is 1. The van der Waals surface area contributed by atoms with Crippen molar-refractivity contribution in [3.8, 4) is 0 Å². The van der Waals surface area contributed by atoms with Gasteiger partial charge in [-0.1, -0.05) is 93.8 Å². The number of nitrogens with zero attached hydrogens (tertiary/aromatic N) is 2. The first kappa shape index (κ1) is 25.0. The minimum Gasteiger partial charge on any atom is -0.342 e. The van der Waals surface area contributed by atoms with Gasteiger partial charge in [-0.25, -0.2) is 0 Å². The highest BCUT2D eigenvalue weighted by atomic mass is 31.1. The van der Waals surface area contributed by atoms with Crippen LogP contribution in [-0.2, 0) is 0 Å². The number of rotatable bonds is 13. The molecule has 1 aromatic carbocycles. The number of aliphatic imine (C=N–C) groups is 1. The number of nitrogens with one attached hydrogen (secondary N) is 1. The Labute approximate surface area is 190 Å². The number of hydrogen-bond acceptors (Lipinski definition) is 2. The molecule has 1 aliphatic carbocycles. The maximum Gasteiger partial charge on any atom is 0.127 e. The van der Waals surface area contributed by atoms with Gasteiger partial charge in [0.15, 0.2) is 0 Å². The topological polar surface area (TPSA) is 27.6 Å². The van der Waals surface area contributed by atoms with Crippen molar-refractivity contribution in [1.82, 2.24) is 9.99 Å². The summed E-state index contributed by atoms with van der Waals surface area (Å²) in [7, 11) is -0.822. The van der Waals surface area contributed by atoms with Gasteiger partial charge in [0.25, 0.3) is 0 Å². The predicted octanol–water partition coefficient (Wildman–Crippen LogP) is 6.35. The van der Waals surface area contributed by atoms with E-state index in [2.05, 4.69) is 91.6 Å². The Morgan fingerprint density at radius 3 is 2.45 bits per heavy atom. The van der Waals surface area contributed by atoms with Crippen LogP contribution in [0.1, 0.15) is 39.5 Å². The molecule has 4 heteroatoms. The van der Waals surface area contributed by atoms with E-state index >= 15 is 0 Å². The molecule has 0 aromatic heterocycles. The first-order chi connectivity index (χ1) is 15.2. The molecule has 0 amide bonds. The zero-order valence-electron chi connectivity index (χ0n) is 19.3. The highest BCUT2D eigenvalue weighted by Crippen LogP contribution is 2.41. The third-order valence-corrected chi connectivity index (χ3v) is 7.17.